The fraction of sp³-hybridized carbons (Fsp3) is 0.400. The van der Waals surface area contributed by atoms with E-state index in [1.54, 1.807) is 6.20 Å². The number of likely N-dealkylation sites (tertiary alicyclic amines) is 1. The first kappa shape index (κ1) is 17.8. The molecular weight excluding hydrogens is 340 g/mol. The zero-order valence-electron chi connectivity index (χ0n) is 15.3. The smallest absolute Gasteiger partial charge is 0.322 e. The molecule has 2 saturated heterocycles. The summed E-state index contributed by atoms with van der Waals surface area (Å²) in [4.78, 5) is 19.1. The van der Waals surface area contributed by atoms with Gasteiger partial charge in [-0.25, -0.2) is 9.78 Å². The Morgan fingerprint density at radius 3 is 2.89 bits per heavy atom. The van der Waals surface area contributed by atoms with Crippen molar-refractivity contribution in [3.05, 3.63) is 54.2 Å². The molecule has 2 fully saturated rings. The number of nitrogens with zero attached hydrogens (tertiary/aromatic N) is 2. The Morgan fingerprint density at radius 1 is 1.22 bits per heavy atom. The van der Waals surface area contributed by atoms with Crippen LogP contribution >= 0.6 is 0 Å². The maximum absolute atomic E-state index is 13.0. The molecule has 0 spiro atoms. The molecule has 3 heterocycles. The van der Waals surface area contributed by atoms with Gasteiger partial charge in [0.05, 0.1) is 6.04 Å². The van der Waals surface area contributed by atoms with Crippen molar-refractivity contribution in [3.63, 3.8) is 0 Å². The van der Waals surface area contributed by atoms with E-state index in [-0.39, 0.29) is 24.0 Å². The number of carbonyl (C=O) groups is 1. The second-order valence-corrected chi connectivity index (χ2v) is 7.22. The van der Waals surface area contributed by atoms with Crippen LogP contribution in [0.3, 0.4) is 0 Å². The summed E-state index contributed by atoms with van der Waals surface area (Å²) in [6, 6.07) is 13.8. The highest BCUT2D eigenvalue weighted by Crippen LogP contribution is 2.31. The number of urea groups is 1. The van der Waals surface area contributed by atoms with Crippen LogP contribution in [0.15, 0.2) is 48.7 Å². The van der Waals surface area contributed by atoms with E-state index in [2.05, 4.69) is 21.2 Å². The predicted molar refractivity (Wildman–Crippen MR) is 106 cm³/mol. The number of rotatable bonds is 3. The summed E-state index contributed by atoms with van der Waals surface area (Å²) >= 11 is 0. The minimum atomic E-state index is -0.0346. The van der Waals surface area contributed by atoms with Gasteiger partial charge in [-0.05, 0) is 49.1 Å². The molecule has 3 unspecified atom stereocenters. The molecule has 4 rings (SSSR count). The third kappa shape index (κ3) is 3.89. The number of aromatic nitrogens is 1. The van der Waals surface area contributed by atoms with Crippen molar-refractivity contribution in [2.45, 2.75) is 37.3 Å². The van der Waals surface area contributed by atoms with E-state index >= 15 is 0 Å². The first-order valence-corrected chi connectivity index (χ1v) is 9.55. The number of nitrogen functional groups attached to an aromatic ring is 1. The average Bonchev–Trinajstić information content (AvgIpc) is 3.18. The third-order valence-electron chi connectivity index (χ3n) is 5.51. The summed E-state index contributed by atoms with van der Waals surface area (Å²) in [5.74, 6) is 0.769. The SMILES string of the molecule is Nc1cc(C2CNNC2C2CCCCN2C(=O)Nc2ccccc2)ccn1. The number of benzene rings is 1. The molecule has 142 valence electrons. The Kier molecular flexibility index (Phi) is 5.22. The van der Waals surface area contributed by atoms with E-state index in [1.807, 2.05) is 47.4 Å². The molecule has 0 saturated carbocycles. The summed E-state index contributed by atoms with van der Waals surface area (Å²) in [5.41, 5.74) is 14.5. The van der Waals surface area contributed by atoms with E-state index in [1.165, 1.54) is 0 Å². The molecule has 1 aromatic heterocycles. The van der Waals surface area contributed by atoms with Gasteiger partial charge in [0, 0.05) is 36.9 Å². The number of hydrogen-bond donors (Lipinski definition) is 4. The highest BCUT2D eigenvalue weighted by molar-refractivity contribution is 5.89. The van der Waals surface area contributed by atoms with E-state index in [0.29, 0.717) is 5.82 Å². The molecule has 3 atom stereocenters. The fourth-order valence-corrected chi connectivity index (χ4v) is 4.20. The van der Waals surface area contributed by atoms with Gasteiger partial charge in [-0.2, -0.15) is 0 Å². The van der Waals surface area contributed by atoms with Gasteiger partial charge in [0.2, 0.25) is 0 Å². The minimum Gasteiger partial charge on any atom is -0.384 e. The summed E-state index contributed by atoms with van der Waals surface area (Å²) in [7, 11) is 0. The fourth-order valence-electron chi connectivity index (χ4n) is 4.20. The standard InChI is InChI=1S/C20H26N6O/c21-18-12-14(9-10-22-18)16-13-23-25-19(16)17-8-4-5-11-26(17)20(27)24-15-6-2-1-3-7-15/h1-3,6-7,9-10,12,16-17,19,23,25H,4-5,8,11,13H2,(H2,21,22)(H,24,27). The van der Waals surface area contributed by atoms with Crippen LogP contribution in [-0.4, -0.2) is 41.1 Å². The lowest BCUT2D eigenvalue weighted by molar-refractivity contribution is 0.138. The van der Waals surface area contributed by atoms with Crippen molar-refractivity contribution < 1.29 is 4.79 Å². The van der Waals surface area contributed by atoms with Gasteiger partial charge in [0.25, 0.3) is 0 Å². The van der Waals surface area contributed by atoms with Gasteiger partial charge in [-0.3, -0.25) is 10.9 Å². The monoisotopic (exact) mass is 366 g/mol. The summed E-state index contributed by atoms with van der Waals surface area (Å²) in [6.07, 6.45) is 4.90. The van der Waals surface area contributed by atoms with Crippen LogP contribution < -0.4 is 21.9 Å². The van der Waals surface area contributed by atoms with Crippen molar-refractivity contribution in [3.8, 4) is 0 Å². The Bertz CT molecular complexity index is 783. The zero-order valence-corrected chi connectivity index (χ0v) is 15.3. The number of pyridine rings is 1. The summed E-state index contributed by atoms with van der Waals surface area (Å²) < 4.78 is 0. The van der Waals surface area contributed by atoms with E-state index in [4.69, 9.17) is 5.73 Å². The molecule has 27 heavy (non-hydrogen) atoms. The van der Waals surface area contributed by atoms with Crippen LogP contribution in [0.1, 0.15) is 30.7 Å². The van der Waals surface area contributed by atoms with Crippen molar-refractivity contribution in [1.29, 1.82) is 0 Å². The van der Waals surface area contributed by atoms with Gasteiger partial charge >= 0.3 is 6.03 Å². The van der Waals surface area contributed by atoms with Crippen molar-refractivity contribution in [2.75, 3.05) is 24.1 Å². The van der Waals surface area contributed by atoms with Crippen LogP contribution in [0, 0.1) is 0 Å². The Morgan fingerprint density at radius 2 is 2.07 bits per heavy atom. The molecule has 2 aliphatic rings. The molecule has 1 aromatic carbocycles. The summed E-state index contributed by atoms with van der Waals surface area (Å²) in [6.45, 7) is 1.57. The second kappa shape index (κ2) is 7.94. The van der Waals surface area contributed by atoms with Gasteiger partial charge in [0.1, 0.15) is 5.82 Å². The number of para-hydroxylation sites is 1. The molecule has 2 amide bonds. The average molecular weight is 366 g/mol. The summed E-state index contributed by atoms with van der Waals surface area (Å²) in [5, 5.41) is 3.04. The quantitative estimate of drug-likeness (QED) is 0.669. The van der Waals surface area contributed by atoms with Gasteiger partial charge in [-0.15, -0.1) is 0 Å². The molecule has 0 aliphatic carbocycles. The third-order valence-corrected chi connectivity index (χ3v) is 5.51. The molecule has 0 radical (unpaired) electrons. The highest BCUT2D eigenvalue weighted by atomic mass is 16.2. The molecular formula is C20H26N6O. The van der Waals surface area contributed by atoms with Crippen molar-refractivity contribution >= 4 is 17.5 Å². The van der Waals surface area contributed by atoms with Crippen LogP contribution in [0.2, 0.25) is 0 Å². The first-order chi connectivity index (χ1) is 13.2. The lowest BCUT2D eigenvalue weighted by Crippen LogP contribution is -2.56. The van der Waals surface area contributed by atoms with E-state index in [9.17, 15) is 4.79 Å². The predicted octanol–water partition coefficient (Wildman–Crippen LogP) is 2.31. The number of piperidine rings is 1. The van der Waals surface area contributed by atoms with Crippen LogP contribution in [-0.2, 0) is 0 Å². The number of amides is 2. The number of hydrogen-bond acceptors (Lipinski definition) is 5. The Labute approximate surface area is 159 Å². The first-order valence-electron chi connectivity index (χ1n) is 9.55. The number of carbonyl (C=O) groups excluding carboxylic acids is 1. The maximum Gasteiger partial charge on any atom is 0.322 e. The van der Waals surface area contributed by atoms with Crippen LogP contribution in [0.25, 0.3) is 0 Å². The van der Waals surface area contributed by atoms with Crippen LogP contribution in [0.4, 0.5) is 16.3 Å². The lowest BCUT2D eigenvalue weighted by Gasteiger charge is -2.40. The van der Waals surface area contributed by atoms with Crippen molar-refractivity contribution in [1.82, 2.24) is 20.7 Å². The lowest BCUT2D eigenvalue weighted by atomic mass is 9.85. The van der Waals surface area contributed by atoms with E-state index < -0.39 is 0 Å². The Balaban J connectivity index is 1.53. The molecule has 2 aliphatic heterocycles. The van der Waals surface area contributed by atoms with Gasteiger partial charge < -0.3 is 16.0 Å². The number of nitrogens with two attached hydrogens (primary N) is 1. The van der Waals surface area contributed by atoms with Crippen LogP contribution in [0.5, 0.6) is 0 Å². The van der Waals surface area contributed by atoms with E-state index in [0.717, 1.165) is 43.6 Å². The highest BCUT2D eigenvalue weighted by Gasteiger charge is 2.40. The molecule has 2 aromatic rings. The minimum absolute atomic E-state index is 0.0346. The normalized spacial score (nSPS) is 25.3. The largest absolute Gasteiger partial charge is 0.384 e. The number of anilines is 2. The second-order valence-electron chi connectivity index (χ2n) is 7.22. The topological polar surface area (TPSA) is 95.3 Å². The molecule has 7 nitrogen and oxygen atoms in total. The van der Waals surface area contributed by atoms with Gasteiger partial charge in [-0.1, -0.05) is 18.2 Å². The molecule has 7 heteroatoms. The number of hydrazine groups is 1. The molecule has 0 bridgehead atoms. The zero-order chi connectivity index (χ0) is 18.6. The maximum atomic E-state index is 13.0. The van der Waals surface area contributed by atoms with Gasteiger partial charge in [0.15, 0.2) is 0 Å². The molecule has 5 N–H and O–H groups in total. The van der Waals surface area contributed by atoms with Crippen molar-refractivity contribution in [2.24, 2.45) is 0 Å². The Hall–Kier alpha value is -2.64. The number of nitrogens with one attached hydrogen (secondary N) is 3.